The van der Waals surface area contributed by atoms with Crippen LogP contribution in [-0.2, 0) is 7.05 Å². The van der Waals surface area contributed by atoms with E-state index < -0.39 is 0 Å². The Morgan fingerprint density at radius 3 is 2.83 bits per heavy atom. The Labute approximate surface area is 104 Å². The van der Waals surface area contributed by atoms with Gasteiger partial charge in [0.05, 0.1) is 5.69 Å². The van der Waals surface area contributed by atoms with Crippen molar-refractivity contribution in [3.8, 4) is 17.1 Å². The summed E-state index contributed by atoms with van der Waals surface area (Å²) >= 11 is 0. The van der Waals surface area contributed by atoms with Crippen LogP contribution in [0.5, 0.6) is 5.75 Å². The van der Waals surface area contributed by atoms with Crippen LogP contribution in [-0.4, -0.2) is 19.6 Å². The molecule has 0 bridgehead atoms. The van der Waals surface area contributed by atoms with Gasteiger partial charge in [-0.3, -0.25) is 0 Å². The van der Waals surface area contributed by atoms with E-state index in [4.69, 9.17) is 5.73 Å². The summed E-state index contributed by atoms with van der Waals surface area (Å²) in [4.78, 5) is 8.80. The van der Waals surface area contributed by atoms with E-state index in [0.717, 1.165) is 22.6 Å². The lowest BCUT2D eigenvalue weighted by molar-refractivity contribution is 0.478. The number of nitrogens with two attached hydrogens (primary N) is 1. The zero-order valence-corrected chi connectivity index (χ0v) is 9.83. The van der Waals surface area contributed by atoms with Crippen LogP contribution in [0.25, 0.3) is 22.6 Å². The highest BCUT2D eigenvalue weighted by molar-refractivity contribution is 5.78. The molecule has 3 aromatic rings. The number of hydrogen-bond acceptors (Lipinski definition) is 4. The van der Waals surface area contributed by atoms with Gasteiger partial charge in [0, 0.05) is 18.8 Å². The first-order chi connectivity index (χ1) is 8.66. The molecule has 0 amide bonds. The SMILES string of the molecule is Cn1c(-c2ccc(O)c(N)c2)nc2cccnc21. The fourth-order valence-corrected chi connectivity index (χ4v) is 1.98. The molecule has 0 unspecified atom stereocenters. The minimum atomic E-state index is 0.0793. The van der Waals surface area contributed by atoms with Gasteiger partial charge in [-0.15, -0.1) is 0 Å². The second-order valence-corrected chi connectivity index (χ2v) is 4.11. The number of phenols is 1. The third-order valence-corrected chi connectivity index (χ3v) is 2.91. The summed E-state index contributed by atoms with van der Waals surface area (Å²) in [6.45, 7) is 0. The summed E-state index contributed by atoms with van der Waals surface area (Å²) in [5.41, 5.74) is 8.55. The average molecular weight is 240 g/mol. The number of aryl methyl sites for hydroxylation is 1. The predicted octanol–water partition coefficient (Wildman–Crippen LogP) is 1.92. The van der Waals surface area contributed by atoms with Crippen LogP contribution in [0.1, 0.15) is 0 Å². The van der Waals surface area contributed by atoms with Gasteiger partial charge >= 0.3 is 0 Å². The summed E-state index contributed by atoms with van der Waals surface area (Å²) < 4.78 is 1.90. The van der Waals surface area contributed by atoms with Gasteiger partial charge in [0.1, 0.15) is 17.1 Å². The molecule has 0 aliphatic rings. The quantitative estimate of drug-likeness (QED) is 0.503. The van der Waals surface area contributed by atoms with Gasteiger partial charge in [0.2, 0.25) is 0 Å². The Bertz CT molecular complexity index is 733. The van der Waals surface area contributed by atoms with Crippen molar-refractivity contribution in [2.24, 2.45) is 7.05 Å². The molecule has 5 nitrogen and oxygen atoms in total. The monoisotopic (exact) mass is 240 g/mol. The lowest BCUT2D eigenvalue weighted by Gasteiger charge is -2.04. The molecule has 0 spiro atoms. The van der Waals surface area contributed by atoms with Crippen LogP contribution >= 0.6 is 0 Å². The molecule has 3 rings (SSSR count). The number of anilines is 1. The normalized spacial score (nSPS) is 10.9. The van der Waals surface area contributed by atoms with Crippen LogP contribution < -0.4 is 5.73 Å². The summed E-state index contributed by atoms with van der Waals surface area (Å²) in [6.07, 6.45) is 1.74. The number of fused-ring (bicyclic) bond motifs is 1. The first-order valence-corrected chi connectivity index (χ1v) is 5.53. The molecule has 0 saturated carbocycles. The Balaban J connectivity index is 2.25. The third kappa shape index (κ3) is 1.48. The summed E-state index contributed by atoms with van der Waals surface area (Å²) in [7, 11) is 1.90. The van der Waals surface area contributed by atoms with Gasteiger partial charge in [0.15, 0.2) is 5.65 Å². The van der Waals surface area contributed by atoms with Gasteiger partial charge in [-0.2, -0.15) is 0 Å². The number of hydrogen-bond donors (Lipinski definition) is 2. The van der Waals surface area contributed by atoms with E-state index in [1.54, 1.807) is 24.4 Å². The van der Waals surface area contributed by atoms with E-state index in [-0.39, 0.29) is 5.75 Å². The first kappa shape index (κ1) is 10.6. The van der Waals surface area contributed by atoms with E-state index in [1.165, 1.54) is 0 Å². The molecule has 90 valence electrons. The predicted molar refractivity (Wildman–Crippen MR) is 70.0 cm³/mol. The molecule has 0 saturated heterocycles. The third-order valence-electron chi connectivity index (χ3n) is 2.91. The van der Waals surface area contributed by atoms with E-state index in [9.17, 15) is 5.11 Å². The molecule has 0 aliphatic heterocycles. The minimum absolute atomic E-state index is 0.0793. The summed E-state index contributed by atoms with van der Waals surface area (Å²) in [5, 5.41) is 9.44. The van der Waals surface area contributed by atoms with Crippen molar-refractivity contribution in [1.82, 2.24) is 14.5 Å². The van der Waals surface area contributed by atoms with Gasteiger partial charge in [-0.1, -0.05) is 0 Å². The van der Waals surface area contributed by atoms with Crippen molar-refractivity contribution < 1.29 is 5.11 Å². The van der Waals surface area contributed by atoms with E-state index in [0.29, 0.717) is 5.69 Å². The van der Waals surface area contributed by atoms with Crippen molar-refractivity contribution in [2.75, 3.05) is 5.73 Å². The van der Waals surface area contributed by atoms with Crippen molar-refractivity contribution >= 4 is 16.9 Å². The Hall–Kier alpha value is -2.56. The highest BCUT2D eigenvalue weighted by Crippen LogP contribution is 2.28. The van der Waals surface area contributed by atoms with E-state index >= 15 is 0 Å². The Morgan fingerprint density at radius 2 is 2.11 bits per heavy atom. The molecular formula is C13H12N4O. The zero-order chi connectivity index (χ0) is 12.7. The standard InChI is InChI=1S/C13H12N4O/c1-17-12(8-4-5-11(18)9(14)7-8)16-10-3-2-6-15-13(10)17/h2-7,18H,14H2,1H3. The number of imidazole rings is 1. The van der Waals surface area contributed by atoms with Gasteiger partial charge in [-0.25, -0.2) is 9.97 Å². The van der Waals surface area contributed by atoms with Crippen LogP contribution in [0.4, 0.5) is 5.69 Å². The van der Waals surface area contributed by atoms with Crippen molar-refractivity contribution in [2.45, 2.75) is 0 Å². The number of nitrogens with zero attached hydrogens (tertiary/aromatic N) is 3. The van der Waals surface area contributed by atoms with Crippen LogP contribution in [0.15, 0.2) is 36.5 Å². The topological polar surface area (TPSA) is 77.0 Å². The van der Waals surface area contributed by atoms with Crippen molar-refractivity contribution in [1.29, 1.82) is 0 Å². The van der Waals surface area contributed by atoms with Crippen molar-refractivity contribution in [3.05, 3.63) is 36.5 Å². The number of benzene rings is 1. The molecule has 2 heterocycles. The number of pyridine rings is 1. The molecule has 0 radical (unpaired) electrons. The maximum absolute atomic E-state index is 9.44. The number of aromatic nitrogens is 3. The number of rotatable bonds is 1. The summed E-state index contributed by atoms with van der Waals surface area (Å²) in [5.74, 6) is 0.853. The number of phenolic OH excluding ortho intramolecular Hbond substituents is 1. The summed E-state index contributed by atoms with van der Waals surface area (Å²) in [6, 6.07) is 8.82. The first-order valence-electron chi connectivity index (χ1n) is 5.53. The van der Waals surface area contributed by atoms with Gasteiger partial charge < -0.3 is 15.4 Å². The van der Waals surface area contributed by atoms with Crippen LogP contribution in [0, 0.1) is 0 Å². The molecule has 0 aliphatic carbocycles. The average Bonchev–Trinajstić information content (AvgIpc) is 2.71. The Morgan fingerprint density at radius 1 is 1.28 bits per heavy atom. The fourth-order valence-electron chi connectivity index (χ4n) is 1.98. The molecule has 5 heteroatoms. The molecular weight excluding hydrogens is 228 g/mol. The molecule has 2 aromatic heterocycles. The molecule has 18 heavy (non-hydrogen) atoms. The molecule has 0 fully saturated rings. The molecule has 3 N–H and O–H groups in total. The largest absolute Gasteiger partial charge is 0.506 e. The van der Waals surface area contributed by atoms with Crippen LogP contribution in [0.3, 0.4) is 0 Å². The number of aromatic hydroxyl groups is 1. The van der Waals surface area contributed by atoms with Crippen molar-refractivity contribution in [3.63, 3.8) is 0 Å². The minimum Gasteiger partial charge on any atom is -0.506 e. The molecule has 1 aromatic carbocycles. The molecule has 0 atom stereocenters. The Kier molecular flexibility index (Phi) is 2.19. The van der Waals surface area contributed by atoms with Gasteiger partial charge in [0.25, 0.3) is 0 Å². The highest BCUT2D eigenvalue weighted by atomic mass is 16.3. The lowest BCUT2D eigenvalue weighted by atomic mass is 10.2. The lowest BCUT2D eigenvalue weighted by Crippen LogP contribution is -1.94. The zero-order valence-electron chi connectivity index (χ0n) is 9.83. The maximum Gasteiger partial charge on any atom is 0.159 e. The van der Waals surface area contributed by atoms with Crippen LogP contribution in [0.2, 0.25) is 0 Å². The fraction of sp³-hybridized carbons (Fsp3) is 0.0769. The van der Waals surface area contributed by atoms with E-state index in [2.05, 4.69) is 9.97 Å². The number of nitrogen functional groups attached to an aromatic ring is 1. The van der Waals surface area contributed by atoms with E-state index in [1.807, 2.05) is 23.7 Å². The maximum atomic E-state index is 9.44. The second kappa shape index (κ2) is 3.73. The second-order valence-electron chi connectivity index (χ2n) is 4.11. The van der Waals surface area contributed by atoms with Gasteiger partial charge in [-0.05, 0) is 30.3 Å². The highest BCUT2D eigenvalue weighted by Gasteiger charge is 2.11. The smallest absolute Gasteiger partial charge is 0.159 e.